The zero-order valence-corrected chi connectivity index (χ0v) is 12.9. The van der Waals surface area contributed by atoms with Gasteiger partial charge in [-0.2, -0.15) is 11.8 Å². The van der Waals surface area contributed by atoms with Gasteiger partial charge in [0.05, 0.1) is 0 Å². The molecule has 1 aromatic carbocycles. The third-order valence-electron chi connectivity index (χ3n) is 3.70. The highest BCUT2D eigenvalue weighted by Crippen LogP contribution is 2.25. The van der Waals surface area contributed by atoms with Gasteiger partial charge in [0.1, 0.15) is 5.92 Å². The summed E-state index contributed by atoms with van der Waals surface area (Å²) in [4.78, 5) is 14.6. The van der Waals surface area contributed by atoms with Gasteiger partial charge in [0, 0.05) is 24.1 Å². The van der Waals surface area contributed by atoms with Crippen molar-refractivity contribution in [3.8, 4) is 0 Å². The summed E-state index contributed by atoms with van der Waals surface area (Å²) in [7, 11) is 0. The number of oxime groups is 1. The Morgan fingerprint density at radius 2 is 2.24 bits per heavy atom. The molecule has 1 amide bonds. The lowest BCUT2D eigenvalue weighted by Gasteiger charge is -2.34. The minimum absolute atomic E-state index is 0.0579. The number of amidine groups is 1. The van der Waals surface area contributed by atoms with Crippen molar-refractivity contribution in [2.45, 2.75) is 24.5 Å². The van der Waals surface area contributed by atoms with Gasteiger partial charge >= 0.3 is 0 Å². The number of nitrogens with two attached hydrogens (primary N) is 1. The summed E-state index contributed by atoms with van der Waals surface area (Å²) in [5.74, 6) is 0.0756. The maximum Gasteiger partial charge on any atom is 0.237 e. The Morgan fingerprint density at radius 3 is 2.86 bits per heavy atom. The summed E-state index contributed by atoms with van der Waals surface area (Å²) in [6.07, 6.45) is 1.04. The quantitative estimate of drug-likeness (QED) is 0.385. The van der Waals surface area contributed by atoms with Crippen LogP contribution >= 0.6 is 11.8 Å². The van der Waals surface area contributed by atoms with E-state index in [0.717, 1.165) is 24.3 Å². The number of benzene rings is 1. The molecule has 1 aliphatic heterocycles. The van der Waals surface area contributed by atoms with Crippen LogP contribution in [0.2, 0.25) is 0 Å². The van der Waals surface area contributed by atoms with E-state index in [9.17, 15) is 4.79 Å². The summed E-state index contributed by atoms with van der Waals surface area (Å²) in [5, 5.41) is 12.5. The van der Waals surface area contributed by atoms with Crippen LogP contribution in [0, 0.1) is 0 Å². The van der Waals surface area contributed by atoms with E-state index in [1.165, 1.54) is 0 Å². The van der Waals surface area contributed by atoms with Crippen molar-refractivity contribution in [2.24, 2.45) is 10.9 Å². The lowest BCUT2D eigenvalue weighted by atomic mass is 9.96. The monoisotopic (exact) mass is 307 g/mol. The second-order valence-electron chi connectivity index (χ2n) is 5.05. The highest BCUT2D eigenvalue weighted by molar-refractivity contribution is 8.00. The average molecular weight is 307 g/mol. The first-order valence-electron chi connectivity index (χ1n) is 7.10. The molecule has 1 fully saturated rings. The highest BCUT2D eigenvalue weighted by Gasteiger charge is 2.32. The molecule has 2 unspecified atom stereocenters. The number of hydrogen-bond acceptors (Lipinski definition) is 4. The van der Waals surface area contributed by atoms with Gasteiger partial charge in [0.15, 0.2) is 5.84 Å². The van der Waals surface area contributed by atoms with Crippen LogP contribution in [0.3, 0.4) is 0 Å². The largest absolute Gasteiger partial charge is 0.409 e. The van der Waals surface area contributed by atoms with Crippen LogP contribution in [0.1, 0.15) is 24.8 Å². The molecule has 0 radical (unpaired) electrons. The fourth-order valence-corrected chi connectivity index (χ4v) is 3.67. The first kappa shape index (κ1) is 15.7. The molecule has 2 rings (SSSR count). The van der Waals surface area contributed by atoms with E-state index in [4.69, 9.17) is 10.9 Å². The Balaban J connectivity index is 2.23. The van der Waals surface area contributed by atoms with Crippen molar-refractivity contribution in [1.82, 2.24) is 4.90 Å². The molecule has 0 bridgehead atoms. The zero-order valence-electron chi connectivity index (χ0n) is 12.1. The molecule has 2 atom stereocenters. The van der Waals surface area contributed by atoms with Crippen molar-refractivity contribution >= 4 is 23.5 Å². The number of hydrogen-bond donors (Lipinski definition) is 2. The molecule has 1 aromatic rings. The third-order valence-corrected chi connectivity index (χ3v) is 5.07. The Morgan fingerprint density at radius 1 is 1.52 bits per heavy atom. The van der Waals surface area contributed by atoms with E-state index >= 15 is 0 Å². The standard InChI is InChI=1S/C15H21N3O2S/c1-2-12-10-18(8-9-21-12)15(19)13(14(16)17-20)11-6-4-3-5-7-11/h3-7,12-13,20H,2,8-10H2,1H3,(H2,16,17). The van der Waals surface area contributed by atoms with Crippen LogP contribution in [0.25, 0.3) is 0 Å². The first-order chi connectivity index (χ1) is 10.2. The molecule has 6 heteroatoms. The van der Waals surface area contributed by atoms with Gasteiger partial charge in [-0.05, 0) is 12.0 Å². The van der Waals surface area contributed by atoms with Gasteiger partial charge < -0.3 is 15.8 Å². The van der Waals surface area contributed by atoms with E-state index in [1.54, 1.807) is 0 Å². The van der Waals surface area contributed by atoms with Gasteiger partial charge in [0.2, 0.25) is 5.91 Å². The second-order valence-corrected chi connectivity index (χ2v) is 6.46. The number of thioether (sulfide) groups is 1. The first-order valence-corrected chi connectivity index (χ1v) is 8.15. The Bertz CT molecular complexity index is 507. The molecule has 0 spiro atoms. The molecule has 1 saturated heterocycles. The van der Waals surface area contributed by atoms with E-state index in [2.05, 4.69) is 12.1 Å². The fraction of sp³-hybridized carbons (Fsp3) is 0.467. The number of carbonyl (C=O) groups is 1. The highest BCUT2D eigenvalue weighted by atomic mass is 32.2. The van der Waals surface area contributed by atoms with Crippen LogP contribution in [-0.4, -0.2) is 45.9 Å². The predicted molar refractivity (Wildman–Crippen MR) is 85.7 cm³/mol. The average Bonchev–Trinajstić information content (AvgIpc) is 2.55. The zero-order chi connectivity index (χ0) is 15.2. The number of amides is 1. The van der Waals surface area contributed by atoms with E-state index < -0.39 is 5.92 Å². The molecule has 0 saturated carbocycles. The number of carbonyl (C=O) groups excluding carboxylic acids is 1. The molecular weight excluding hydrogens is 286 g/mol. The van der Waals surface area contributed by atoms with Gasteiger partial charge in [-0.25, -0.2) is 0 Å². The SMILES string of the molecule is CCC1CN(C(=O)C(/C(N)=N/O)c2ccccc2)CCS1. The van der Waals surface area contributed by atoms with Gasteiger partial charge in [-0.1, -0.05) is 42.4 Å². The molecule has 21 heavy (non-hydrogen) atoms. The summed E-state index contributed by atoms with van der Waals surface area (Å²) in [5.41, 5.74) is 6.53. The van der Waals surface area contributed by atoms with Crippen LogP contribution < -0.4 is 5.73 Å². The lowest BCUT2D eigenvalue weighted by molar-refractivity contribution is -0.131. The number of nitrogens with zero attached hydrogens (tertiary/aromatic N) is 2. The Kier molecular flexibility index (Phi) is 5.50. The van der Waals surface area contributed by atoms with Gasteiger partial charge in [-0.3, -0.25) is 4.79 Å². The molecule has 114 valence electrons. The second kappa shape index (κ2) is 7.36. The van der Waals surface area contributed by atoms with Crippen LogP contribution in [-0.2, 0) is 4.79 Å². The van der Waals surface area contributed by atoms with Crippen LogP contribution in [0.4, 0.5) is 0 Å². The Labute approximate surface area is 129 Å². The topological polar surface area (TPSA) is 78.9 Å². The predicted octanol–water partition coefficient (Wildman–Crippen LogP) is 1.87. The Hall–Kier alpha value is -1.69. The van der Waals surface area contributed by atoms with Crippen LogP contribution in [0.5, 0.6) is 0 Å². The maximum atomic E-state index is 12.8. The smallest absolute Gasteiger partial charge is 0.237 e. The normalized spacial score (nSPS) is 21.1. The minimum atomic E-state index is -0.711. The molecule has 5 nitrogen and oxygen atoms in total. The van der Waals surface area contributed by atoms with E-state index in [0.29, 0.717) is 11.8 Å². The summed E-state index contributed by atoms with van der Waals surface area (Å²) in [6.45, 7) is 3.56. The molecule has 0 aromatic heterocycles. The van der Waals surface area contributed by atoms with E-state index in [1.807, 2.05) is 47.0 Å². The van der Waals surface area contributed by atoms with E-state index in [-0.39, 0.29) is 11.7 Å². The van der Waals surface area contributed by atoms with Crippen molar-refractivity contribution < 1.29 is 10.0 Å². The minimum Gasteiger partial charge on any atom is -0.409 e. The maximum absolute atomic E-state index is 12.8. The van der Waals surface area contributed by atoms with Crippen molar-refractivity contribution in [3.05, 3.63) is 35.9 Å². The molecule has 0 aliphatic carbocycles. The van der Waals surface area contributed by atoms with Gasteiger partial charge in [-0.15, -0.1) is 0 Å². The molecule has 3 N–H and O–H groups in total. The molecule has 1 heterocycles. The van der Waals surface area contributed by atoms with Crippen LogP contribution in [0.15, 0.2) is 35.5 Å². The van der Waals surface area contributed by atoms with Gasteiger partial charge in [0.25, 0.3) is 0 Å². The lowest BCUT2D eigenvalue weighted by Crippen LogP contribution is -2.46. The van der Waals surface area contributed by atoms with Crippen molar-refractivity contribution in [2.75, 3.05) is 18.8 Å². The summed E-state index contributed by atoms with van der Waals surface area (Å²) >= 11 is 1.90. The third kappa shape index (κ3) is 3.69. The fourth-order valence-electron chi connectivity index (χ4n) is 2.49. The summed E-state index contributed by atoms with van der Waals surface area (Å²) in [6, 6.07) is 9.23. The van der Waals surface area contributed by atoms with Crippen molar-refractivity contribution in [3.63, 3.8) is 0 Å². The van der Waals surface area contributed by atoms with Crippen molar-refractivity contribution in [1.29, 1.82) is 0 Å². The number of rotatable bonds is 4. The summed E-state index contributed by atoms with van der Waals surface area (Å²) < 4.78 is 0. The molecule has 1 aliphatic rings. The molecular formula is C15H21N3O2S.